The first-order valence-corrected chi connectivity index (χ1v) is 7.24. The lowest BCUT2D eigenvalue weighted by Crippen LogP contribution is -2.38. The summed E-state index contributed by atoms with van der Waals surface area (Å²) in [6.45, 7) is 3.89. The second kappa shape index (κ2) is 7.08. The molecule has 0 unspecified atom stereocenters. The molecule has 0 N–H and O–H groups in total. The standard InChI is InChI=1S/C16H21NO3/c1-2-3-12-20-15-6-4-13(5-7-15)16(19)17-10-8-14(18)9-11-17/h4-7H,2-3,8-12H2,1H3. The number of Topliss-reactive ketones (excluding diaryl/α,β-unsaturated/α-hetero) is 1. The van der Waals surface area contributed by atoms with Crippen LogP contribution in [0.5, 0.6) is 5.75 Å². The molecule has 1 aliphatic heterocycles. The third-order valence-electron chi connectivity index (χ3n) is 3.48. The van der Waals surface area contributed by atoms with Gasteiger partial charge in [-0.05, 0) is 30.7 Å². The highest BCUT2D eigenvalue weighted by atomic mass is 16.5. The van der Waals surface area contributed by atoms with E-state index in [1.807, 2.05) is 12.1 Å². The Bertz CT molecular complexity index is 457. The van der Waals surface area contributed by atoms with Gasteiger partial charge in [0.1, 0.15) is 11.5 Å². The van der Waals surface area contributed by atoms with Gasteiger partial charge in [-0.1, -0.05) is 13.3 Å². The number of ketones is 1. The molecule has 1 aromatic rings. The number of ether oxygens (including phenoxy) is 1. The summed E-state index contributed by atoms with van der Waals surface area (Å²) in [5.41, 5.74) is 0.655. The van der Waals surface area contributed by atoms with E-state index in [0.29, 0.717) is 38.1 Å². The summed E-state index contributed by atoms with van der Waals surface area (Å²) in [4.78, 5) is 25.2. The average Bonchev–Trinajstić information content (AvgIpc) is 2.48. The lowest BCUT2D eigenvalue weighted by Gasteiger charge is -2.26. The molecule has 0 spiro atoms. The molecule has 1 heterocycles. The Morgan fingerprint density at radius 2 is 1.85 bits per heavy atom. The molecule has 20 heavy (non-hydrogen) atoms. The van der Waals surface area contributed by atoms with Crippen molar-refractivity contribution in [3.05, 3.63) is 29.8 Å². The third kappa shape index (κ3) is 3.83. The molecule has 1 amide bonds. The fourth-order valence-electron chi connectivity index (χ4n) is 2.17. The van der Waals surface area contributed by atoms with Gasteiger partial charge in [-0.3, -0.25) is 9.59 Å². The van der Waals surface area contributed by atoms with Gasteiger partial charge in [-0.2, -0.15) is 0 Å². The average molecular weight is 275 g/mol. The minimum Gasteiger partial charge on any atom is -0.494 e. The van der Waals surface area contributed by atoms with E-state index < -0.39 is 0 Å². The smallest absolute Gasteiger partial charge is 0.253 e. The first-order chi connectivity index (χ1) is 9.70. The summed E-state index contributed by atoms with van der Waals surface area (Å²) in [7, 11) is 0. The largest absolute Gasteiger partial charge is 0.494 e. The number of benzene rings is 1. The lowest BCUT2D eigenvalue weighted by atomic mass is 10.1. The summed E-state index contributed by atoms with van der Waals surface area (Å²) in [5, 5.41) is 0. The third-order valence-corrected chi connectivity index (χ3v) is 3.48. The SMILES string of the molecule is CCCCOc1ccc(C(=O)N2CCC(=O)CC2)cc1. The number of piperidine rings is 1. The van der Waals surface area contributed by atoms with Gasteiger partial charge in [0.15, 0.2) is 0 Å². The lowest BCUT2D eigenvalue weighted by molar-refractivity contribution is -0.120. The second-order valence-corrected chi connectivity index (χ2v) is 5.06. The first-order valence-electron chi connectivity index (χ1n) is 7.24. The maximum atomic E-state index is 12.3. The Kier molecular flexibility index (Phi) is 5.16. The normalized spacial score (nSPS) is 15.2. The van der Waals surface area contributed by atoms with E-state index in [9.17, 15) is 9.59 Å². The molecule has 0 aromatic heterocycles. The van der Waals surface area contributed by atoms with Crippen LogP contribution in [0, 0.1) is 0 Å². The molecule has 0 saturated carbocycles. The molecule has 1 aromatic carbocycles. The molecule has 108 valence electrons. The molecule has 0 bridgehead atoms. The molecule has 1 saturated heterocycles. The van der Waals surface area contributed by atoms with E-state index in [2.05, 4.69) is 6.92 Å². The number of amides is 1. The van der Waals surface area contributed by atoms with Crippen LogP contribution < -0.4 is 4.74 Å². The highest BCUT2D eigenvalue weighted by Crippen LogP contribution is 2.16. The molecule has 1 aliphatic rings. The zero-order valence-electron chi connectivity index (χ0n) is 11.9. The molecule has 1 fully saturated rings. The Morgan fingerprint density at radius 3 is 2.45 bits per heavy atom. The number of carbonyl (C=O) groups is 2. The van der Waals surface area contributed by atoms with Gasteiger partial charge in [0.25, 0.3) is 5.91 Å². The Balaban J connectivity index is 1.92. The van der Waals surface area contributed by atoms with Gasteiger partial charge in [-0.15, -0.1) is 0 Å². The van der Waals surface area contributed by atoms with E-state index in [0.717, 1.165) is 18.6 Å². The van der Waals surface area contributed by atoms with Crippen LogP contribution in [-0.4, -0.2) is 36.3 Å². The predicted molar refractivity (Wildman–Crippen MR) is 77.0 cm³/mol. The number of unbranched alkanes of at least 4 members (excludes halogenated alkanes) is 1. The number of rotatable bonds is 5. The van der Waals surface area contributed by atoms with E-state index in [1.165, 1.54) is 0 Å². The maximum Gasteiger partial charge on any atom is 0.253 e. The van der Waals surface area contributed by atoms with Crippen molar-refractivity contribution in [2.24, 2.45) is 0 Å². The van der Waals surface area contributed by atoms with Crippen molar-refractivity contribution >= 4 is 11.7 Å². The van der Waals surface area contributed by atoms with Crippen molar-refractivity contribution in [1.82, 2.24) is 4.90 Å². The zero-order valence-corrected chi connectivity index (χ0v) is 11.9. The molecule has 0 aliphatic carbocycles. The zero-order chi connectivity index (χ0) is 14.4. The van der Waals surface area contributed by atoms with Crippen molar-refractivity contribution in [2.45, 2.75) is 32.6 Å². The molecular weight excluding hydrogens is 254 g/mol. The van der Waals surface area contributed by atoms with Crippen LogP contribution >= 0.6 is 0 Å². The van der Waals surface area contributed by atoms with Gasteiger partial charge in [0.05, 0.1) is 6.61 Å². The summed E-state index contributed by atoms with van der Waals surface area (Å²) in [5.74, 6) is 1.04. The van der Waals surface area contributed by atoms with Crippen LogP contribution in [0.15, 0.2) is 24.3 Å². The van der Waals surface area contributed by atoms with Gasteiger partial charge < -0.3 is 9.64 Å². The summed E-state index contributed by atoms with van der Waals surface area (Å²) in [6.07, 6.45) is 3.08. The summed E-state index contributed by atoms with van der Waals surface area (Å²) < 4.78 is 5.57. The Hall–Kier alpha value is -1.84. The first kappa shape index (κ1) is 14.6. The number of nitrogens with zero attached hydrogens (tertiary/aromatic N) is 1. The number of hydrogen-bond acceptors (Lipinski definition) is 3. The molecule has 0 radical (unpaired) electrons. The Morgan fingerprint density at radius 1 is 1.20 bits per heavy atom. The molecule has 0 atom stereocenters. The molecule has 4 nitrogen and oxygen atoms in total. The fourth-order valence-corrected chi connectivity index (χ4v) is 2.17. The van der Waals surface area contributed by atoms with E-state index in [-0.39, 0.29) is 11.7 Å². The van der Waals surface area contributed by atoms with Crippen LogP contribution in [0.4, 0.5) is 0 Å². The second-order valence-electron chi connectivity index (χ2n) is 5.06. The van der Waals surface area contributed by atoms with E-state index >= 15 is 0 Å². The van der Waals surface area contributed by atoms with Gasteiger partial charge in [0, 0.05) is 31.5 Å². The fraction of sp³-hybridized carbons (Fsp3) is 0.500. The number of hydrogen-bond donors (Lipinski definition) is 0. The predicted octanol–water partition coefficient (Wildman–Crippen LogP) is 2.67. The van der Waals surface area contributed by atoms with Crippen LogP contribution in [0.25, 0.3) is 0 Å². The summed E-state index contributed by atoms with van der Waals surface area (Å²) in [6, 6.07) is 7.25. The minimum absolute atomic E-state index is 0.00221. The quantitative estimate of drug-likeness (QED) is 0.776. The van der Waals surface area contributed by atoms with Gasteiger partial charge in [-0.25, -0.2) is 0 Å². The van der Waals surface area contributed by atoms with Crippen molar-refractivity contribution in [3.63, 3.8) is 0 Å². The highest BCUT2D eigenvalue weighted by Gasteiger charge is 2.21. The van der Waals surface area contributed by atoms with Crippen LogP contribution in [-0.2, 0) is 4.79 Å². The monoisotopic (exact) mass is 275 g/mol. The van der Waals surface area contributed by atoms with Crippen molar-refractivity contribution < 1.29 is 14.3 Å². The highest BCUT2D eigenvalue weighted by molar-refractivity contribution is 5.95. The van der Waals surface area contributed by atoms with Gasteiger partial charge >= 0.3 is 0 Å². The minimum atomic E-state index is -0.00221. The molecule has 4 heteroatoms. The van der Waals surface area contributed by atoms with Crippen molar-refractivity contribution in [3.8, 4) is 5.75 Å². The molecule has 2 rings (SSSR count). The van der Waals surface area contributed by atoms with Gasteiger partial charge in [0.2, 0.25) is 0 Å². The molecular formula is C16H21NO3. The Labute approximate surface area is 119 Å². The number of likely N-dealkylation sites (tertiary alicyclic amines) is 1. The van der Waals surface area contributed by atoms with Crippen molar-refractivity contribution in [1.29, 1.82) is 0 Å². The maximum absolute atomic E-state index is 12.3. The van der Waals surface area contributed by atoms with E-state index in [1.54, 1.807) is 17.0 Å². The number of carbonyl (C=O) groups excluding carboxylic acids is 2. The summed E-state index contributed by atoms with van der Waals surface area (Å²) >= 11 is 0. The van der Waals surface area contributed by atoms with E-state index in [4.69, 9.17) is 4.74 Å². The van der Waals surface area contributed by atoms with Crippen LogP contribution in [0.1, 0.15) is 43.0 Å². The van der Waals surface area contributed by atoms with Crippen molar-refractivity contribution in [2.75, 3.05) is 19.7 Å². The topological polar surface area (TPSA) is 46.6 Å². The van der Waals surface area contributed by atoms with Crippen LogP contribution in [0.3, 0.4) is 0 Å². The van der Waals surface area contributed by atoms with Crippen LogP contribution in [0.2, 0.25) is 0 Å².